The summed E-state index contributed by atoms with van der Waals surface area (Å²) in [5.74, 6) is -1.66. The van der Waals surface area contributed by atoms with Crippen molar-refractivity contribution in [1.29, 1.82) is 0 Å². The number of rotatable bonds is 2. The number of methoxy groups -OCH3 is 1. The molecule has 0 aliphatic rings. The molecule has 0 atom stereocenters. The van der Waals surface area contributed by atoms with Crippen molar-refractivity contribution in [2.45, 2.75) is 0 Å². The zero-order valence-corrected chi connectivity index (χ0v) is 10.7. The molecule has 0 aliphatic heterocycles. The first-order valence-corrected chi connectivity index (χ1v) is 5.77. The number of carbonyl (C=O) groups is 1. The minimum Gasteiger partial charge on any atom is -0.505 e. The SMILES string of the molecule is COC(=O)c1ccc(-c2ccc(F)c(O)c2)cc1Cl. The van der Waals surface area contributed by atoms with Crippen molar-refractivity contribution < 1.29 is 19.0 Å². The van der Waals surface area contributed by atoms with E-state index >= 15 is 0 Å². The van der Waals surface area contributed by atoms with Crippen molar-refractivity contribution in [3.8, 4) is 16.9 Å². The smallest absolute Gasteiger partial charge is 0.339 e. The van der Waals surface area contributed by atoms with Crippen LogP contribution < -0.4 is 0 Å². The predicted octanol–water partition coefficient (Wildman–Crippen LogP) is 3.64. The van der Waals surface area contributed by atoms with Crippen LogP contribution >= 0.6 is 11.6 Å². The van der Waals surface area contributed by atoms with Crippen molar-refractivity contribution in [2.24, 2.45) is 0 Å². The summed E-state index contributed by atoms with van der Waals surface area (Å²) >= 11 is 5.99. The first-order valence-electron chi connectivity index (χ1n) is 5.39. The van der Waals surface area contributed by atoms with E-state index in [9.17, 15) is 14.3 Å². The molecule has 0 spiro atoms. The van der Waals surface area contributed by atoms with Crippen LogP contribution in [0.1, 0.15) is 10.4 Å². The molecule has 0 aromatic heterocycles. The predicted molar refractivity (Wildman–Crippen MR) is 69.9 cm³/mol. The Morgan fingerprint density at radius 2 is 1.84 bits per heavy atom. The van der Waals surface area contributed by atoms with Gasteiger partial charge in [-0.25, -0.2) is 9.18 Å². The monoisotopic (exact) mass is 280 g/mol. The number of aromatic hydroxyl groups is 1. The molecule has 0 unspecified atom stereocenters. The summed E-state index contributed by atoms with van der Waals surface area (Å²) in [6.07, 6.45) is 0. The van der Waals surface area contributed by atoms with Crippen molar-refractivity contribution in [1.82, 2.24) is 0 Å². The van der Waals surface area contributed by atoms with Crippen molar-refractivity contribution in [2.75, 3.05) is 7.11 Å². The highest BCUT2D eigenvalue weighted by Crippen LogP contribution is 2.29. The zero-order valence-electron chi connectivity index (χ0n) is 9.98. The fourth-order valence-electron chi connectivity index (χ4n) is 1.66. The van der Waals surface area contributed by atoms with Gasteiger partial charge in [0.05, 0.1) is 17.7 Å². The number of phenols is 1. The van der Waals surface area contributed by atoms with Gasteiger partial charge in [0.2, 0.25) is 0 Å². The normalized spacial score (nSPS) is 10.3. The molecule has 2 rings (SSSR count). The summed E-state index contributed by atoms with van der Waals surface area (Å²) in [7, 11) is 1.27. The molecule has 0 amide bonds. The fraction of sp³-hybridized carbons (Fsp3) is 0.0714. The first kappa shape index (κ1) is 13.4. The molecule has 5 heteroatoms. The lowest BCUT2D eigenvalue weighted by molar-refractivity contribution is 0.0601. The van der Waals surface area contributed by atoms with Crippen LogP contribution in [-0.4, -0.2) is 18.2 Å². The number of ether oxygens (including phenoxy) is 1. The zero-order chi connectivity index (χ0) is 14.0. The molecule has 2 aromatic carbocycles. The van der Waals surface area contributed by atoms with E-state index in [1.807, 2.05) is 0 Å². The van der Waals surface area contributed by atoms with Gasteiger partial charge in [-0.1, -0.05) is 23.7 Å². The molecule has 19 heavy (non-hydrogen) atoms. The second kappa shape index (κ2) is 5.28. The number of halogens is 2. The van der Waals surface area contributed by atoms with Crippen LogP contribution in [0, 0.1) is 5.82 Å². The highest BCUT2D eigenvalue weighted by molar-refractivity contribution is 6.33. The van der Waals surface area contributed by atoms with Gasteiger partial charge in [0, 0.05) is 0 Å². The Morgan fingerprint density at radius 1 is 1.21 bits per heavy atom. The van der Waals surface area contributed by atoms with Crippen LogP contribution in [0.25, 0.3) is 11.1 Å². The summed E-state index contributed by atoms with van der Waals surface area (Å²) in [4.78, 5) is 11.4. The lowest BCUT2D eigenvalue weighted by Gasteiger charge is -2.07. The highest BCUT2D eigenvalue weighted by Gasteiger charge is 2.12. The molecule has 0 radical (unpaired) electrons. The maximum Gasteiger partial charge on any atom is 0.339 e. The summed E-state index contributed by atoms with van der Waals surface area (Å²) in [5, 5.41) is 9.56. The summed E-state index contributed by atoms with van der Waals surface area (Å²) in [6, 6.07) is 8.68. The average molecular weight is 281 g/mol. The quantitative estimate of drug-likeness (QED) is 0.854. The van der Waals surface area contributed by atoms with Gasteiger partial charge >= 0.3 is 5.97 Å². The van der Waals surface area contributed by atoms with E-state index in [2.05, 4.69) is 4.74 Å². The van der Waals surface area contributed by atoms with Gasteiger partial charge in [-0.15, -0.1) is 0 Å². The van der Waals surface area contributed by atoms with E-state index in [-0.39, 0.29) is 10.6 Å². The molecule has 0 saturated carbocycles. The molecular formula is C14H10ClFO3. The van der Waals surface area contributed by atoms with Crippen molar-refractivity contribution in [3.63, 3.8) is 0 Å². The number of phenolic OH excluding ortho intramolecular Hbond substituents is 1. The number of benzene rings is 2. The van der Waals surface area contributed by atoms with Crippen LogP contribution in [-0.2, 0) is 4.74 Å². The lowest BCUT2D eigenvalue weighted by Crippen LogP contribution is -2.01. The van der Waals surface area contributed by atoms with Crippen molar-refractivity contribution >= 4 is 17.6 Å². The number of hydrogen-bond donors (Lipinski definition) is 1. The van der Waals surface area contributed by atoms with Gasteiger partial charge in [-0.3, -0.25) is 0 Å². The van der Waals surface area contributed by atoms with Gasteiger partial charge in [-0.05, 0) is 35.4 Å². The van der Waals surface area contributed by atoms with Crippen LogP contribution in [0.4, 0.5) is 4.39 Å². The molecule has 0 heterocycles. The van der Waals surface area contributed by atoms with Crippen LogP contribution in [0.2, 0.25) is 5.02 Å². The molecule has 0 saturated heterocycles. The van der Waals surface area contributed by atoms with E-state index in [1.165, 1.54) is 25.3 Å². The summed E-state index contributed by atoms with van der Waals surface area (Å²) in [6.45, 7) is 0. The fourth-order valence-corrected chi connectivity index (χ4v) is 1.92. The first-order chi connectivity index (χ1) is 9.02. The number of hydrogen-bond acceptors (Lipinski definition) is 3. The van der Waals surface area contributed by atoms with E-state index in [4.69, 9.17) is 11.6 Å². The molecule has 0 aliphatic carbocycles. The Balaban J connectivity index is 2.44. The van der Waals surface area contributed by atoms with Gasteiger partial charge < -0.3 is 9.84 Å². The molecule has 3 nitrogen and oxygen atoms in total. The molecule has 0 bridgehead atoms. The average Bonchev–Trinajstić information content (AvgIpc) is 2.41. The Hall–Kier alpha value is -2.07. The van der Waals surface area contributed by atoms with Crippen molar-refractivity contribution in [3.05, 3.63) is 52.8 Å². The molecule has 98 valence electrons. The largest absolute Gasteiger partial charge is 0.505 e. The van der Waals surface area contributed by atoms with Crippen LogP contribution in [0.5, 0.6) is 5.75 Å². The van der Waals surface area contributed by atoms with Gasteiger partial charge in [-0.2, -0.15) is 0 Å². The lowest BCUT2D eigenvalue weighted by atomic mass is 10.0. The van der Waals surface area contributed by atoms with Gasteiger partial charge in [0.25, 0.3) is 0 Å². The third-order valence-corrected chi connectivity index (χ3v) is 2.97. The second-order valence-electron chi connectivity index (χ2n) is 3.85. The summed E-state index contributed by atoms with van der Waals surface area (Å²) < 4.78 is 17.6. The third-order valence-electron chi connectivity index (χ3n) is 2.65. The summed E-state index contributed by atoms with van der Waals surface area (Å²) in [5.41, 5.74) is 1.50. The Morgan fingerprint density at radius 3 is 2.42 bits per heavy atom. The topological polar surface area (TPSA) is 46.5 Å². The number of esters is 1. The highest BCUT2D eigenvalue weighted by atomic mass is 35.5. The minimum absolute atomic E-state index is 0.230. The van der Waals surface area contributed by atoms with Gasteiger partial charge in [0.15, 0.2) is 11.6 Å². The van der Waals surface area contributed by atoms with E-state index in [0.29, 0.717) is 11.1 Å². The van der Waals surface area contributed by atoms with E-state index in [0.717, 1.165) is 6.07 Å². The molecule has 2 aromatic rings. The van der Waals surface area contributed by atoms with Gasteiger partial charge in [0.1, 0.15) is 0 Å². The van der Waals surface area contributed by atoms with E-state index < -0.39 is 17.5 Å². The molecular weight excluding hydrogens is 271 g/mol. The molecule has 1 N–H and O–H groups in total. The van der Waals surface area contributed by atoms with Crippen LogP contribution in [0.3, 0.4) is 0 Å². The Bertz CT molecular complexity index is 641. The maximum absolute atomic E-state index is 13.0. The Kier molecular flexibility index (Phi) is 3.71. The number of carbonyl (C=O) groups excluding carboxylic acids is 1. The van der Waals surface area contributed by atoms with E-state index in [1.54, 1.807) is 12.1 Å². The van der Waals surface area contributed by atoms with Crippen LogP contribution in [0.15, 0.2) is 36.4 Å². The standard InChI is InChI=1S/C14H10ClFO3/c1-19-14(18)10-4-2-8(6-11(10)15)9-3-5-12(16)13(17)7-9/h2-7,17H,1H3. The third kappa shape index (κ3) is 2.69. The Labute approximate surface area is 114 Å². The maximum atomic E-state index is 13.0. The minimum atomic E-state index is -0.693. The second-order valence-corrected chi connectivity index (χ2v) is 4.26. The molecule has 0 fully saturated rings.